The van der Waals surface area contributed by atoms with Gasteiger partial charge in [-0.05, 0) is 38.5 Å². The molecule has 3 atom stereocenters. The van der Waals surface area contributed by atoms with Crippen molar-refractivity contribution < 1.29 is 19.8 Å². The molecule has 1 saturated heterocycles. The van der Waals surface area contributed by atoms with E-state index in [4.69, 9.17) is 0 Å². The van der Waals surface area contributed by atoms with Gasteiger partial charge in [-0.3, -0.25) is 9.59 Å². The molecule has 5 heteroatoms. The smallest absolute Gasteiger partial charge is 0.307 e. The van der Waals surface area contributed by atoms with E-state index in [1.54, 1.807) is 11.8 Å². The minimum Gasteiger partial charge on any atom is -0.481 e. The summed E-state index contributed by atoms with van der Waals surface area (Å²) in [7, 11) is 0. The van der Waals surface area contributed by atoms with Crippen LogP contribution in [0, 0.1) is 17.8 Å². The number of aliphatic carboxylic acids is 1. The zero-order valence-corrected chi connectivity index (χ0v) is 11.9. The Morgan fingerprint density at radius 1 is 1.15 bits per heavy atom. The Morgan fingerprint density at radius 2 is 1.70 bits per heavy atom. The summed E-state index contributed by atoms with van der Waals surface area (Å²) in [6.07, 6.45) is 5.97. The number of hydrogen-bond acceptors (Lipinski definition) is 3. The van der Waals surface area contributed by atoms with Gasteiger partial charge in [-0.2, -0.15) is 0 Å². The standard InChI is InChI=1S/C15H23NO4/c1-10(17)11-6-8-16(9-7-11)14(18)12-4-2-3-5-13(12)15(19)20/h2-3,10-13,17H,4-9H2,1H3,(H,19,20). The normalized spacial score (nSPS) is 29.2. The Morgan fingerprint density at radius 3 is 2.20 bits per heavy atom. The average Bonchev–Trinajstić information content (AvgIpc) is 2.46. The third-order valence-electron chi connectivity index (χ3n) is 4.60. The van der Waals surface area contributed by atoms with Crippen molar-refractivity contribution in [1.82, 2.24) is 4.90 Å². The lowest BCUT2D eigenvalue weighted by atomic mass is 9.81. The van der Waals surface area contributed by atoms with Crippen LogP contribution in [0.4, 0.5) is 0 Å². The van der Waals surface area contributed by atoms with Gasteiger partial charge in [0.25, 0.3) is 0 Å². The Hall–Kier alpha value is -1.36. The van der Waals surface area contributed by atoms with E-state index in [0.29, 0.717) is 25.9 Å². The van der Waals surface area contributed by atoms with Gasteiger partial charge in [0.05, 0.1) is 17.9 Å². The van der Waals surface area contributed by atoms with E-state index < -0.39 is 17.8 Å². The number of allylic oxidation sites excluding steroid dienone is 2. The number of amides is 1. The molecule has 2 rings (SSSR count). The third kappa shape index (κ3) is 3.20. The van der Waals surface area contributed by atoms with E-state index in [2.05, 4.69) is 0 Å². The van der Waals surface area contributed by atoms with Crippen LogP contribution in [-0.2, 0) is 9.59 Å². The van der Waals surface area contributed by atoms with E-state index >= 15 is 0 Å². The van der Waals surface area contributed by atoms with Crippen LogP contribution in [0.25, 0.3) is 0 Å². The predicted octanol–water partition coefficient (Wildman–Crippen LogP) is 1.27. The van der Waals surface area contributed by atoms with Crippen LogP contribution in [0.3, 0.4) is 0 Å². The van der Waals surface area contributed by atoms with Crippen molar-refractivity contribution in [2.24, 2.45) is 17.8 Å². The van der Waals surface area contributed by atoms with Gasteiger partial charge >= 0.3 is 5.97 Å². The lowest BCUT2D eigenvalue weighted by Gasteiger charge is -2.36. The highest BCUT2D eigenvalue weighted by Gasteiger charge is 2.37. The molecule has 0 saturated carbocycles. The number of carbonyl (C=O) groups excluding carboxylic acids is 1. The van der Waals surface area contributed by atoms with Gasteiger partial charge in [-0.1, -0.05) is 12.2 Å². The molecule has 5 nitrogen and oxygen atoms in total. The number of carboxylic acid groups (broad SMARTS) is 1. The molecular formula is C15H23NO4. The maximum atomic E-state index is 12.5. The molecule has 2 aliphatic rings. The first-order valence-corrected chi connectivity index (χ1v) is 7.35. The minimum atomic E-state index is -0.883. The SMILES string of the molecule is CC(O)C1CCN(C(=O)C2CC=CCC2C(=O)O)CC1. The summed E-state index contributed by atoms with van der Waals surface area (Å²) in [6.45, 7) is 3.04. The molecular weight excluding hydrogens is 258 g/mol. The van der Waals surface area contributed by atoms with Crippen molar-refractivity contribution >= 4 is 11.9 Å². The molecule has 112 valence electrons. The van der Waals surface area contributed by atoms with Gasteiger partial charge in [0.2, 0.25) is 5.91 Å². The lowest BCUT2D eigenvalue weighted by molar-refractivity contribution is -0.151. The molecule has 0 bridgehead atoms. The highest BCUT2D eigenvalue weighted by Crippen LogP contribution is 2.30. The number of nitrogens with zero attached hydrogens (tertiary/aromatic N) is 1. The summed E-state index contributed by atoms with van der Waals surface area (Å²) in [4.78, 5) is 25.5. The van der Waals surface area contributed by atoms with E-state index in [-0.39, 0.29) is 17.9 Å². The molecule has 1 aliphatic carbocycles. The molecule has 0 aromatic rings. The molecule has 0 aromatic heterocycles. The maximum absolute atomic E-state index is 12.5. The Kier molecular flexibility index (Phi) is 4.81. The van der Waals surface area contributed by atoms with Gasteiger partial charge in [0.15, 0.2) is 0 Å². The number of piperidine rings is 1. The Bertz CT molecular complexity index is 397. The summed E-state index contributed by atoms with van der Waals surface area (Å²) < 4.78 is 0. The van der Waals surface area contributed by atoms with Crippen LogP contribution in [0.1, 0.15) is 32.6 Å². The summed E-state index contributed by atoms with van der Waals surface area (Å²) in [5.41, 5.74) is 0. The fraction of sp³-hybridized carbons (Fsp3) is 0.733. The van der Waals surface area contributed by atoms with Crippen LogP contribution < -0.4 is 0 Å². The van der Waals surface area contributed by atoms with Crippen molar-refractivity contribution in [1.29, 1.82) is 0 Å². The van der Waals surface area contributed by atoms with Crippen LogP contribution in [0.2, 0.25) is 0 Å². The molecule has 1 amide bonds. The molecule has 20 heavy (non-hydrogen) atoms. The lowest BCUT2D eigenvalue weighted by Crippen LogP contribution is -2.46. The molecule has 1 fully saturated rings. The fourth-order valence-corrected chi connectivity index (χ4v) is 3.20. The second-order valence-corrected chi connectivity index (χ2v) is 5.90. The van der Waals surface area contributed by atoms with Crippen LogP contribution in [0.15, 0.2) is 12.2 Å². The van der Waals surface area contributed by atoms with Crippen molar-refractivity contribution in [2.45, 2.75) is 38.7 Å². The summed E-state index contributed by atoms with van der Waals surface area (Å²) in [6, 6.07) is 0. The van der Waals surface area contributed by atoms with Crippen molar-refractivity contribution in [2.75, 3.05) is 13.1 Å². The molecule has 0 spiro atoms. The first-order chi connectivity index (χ1) is 9.50. The molecule has 0 radical (unpaired) electrons. The number of rotatable bonds is 3. The van der Waals surface area contributed by atoms with Gasteiger partial charge < -0.3 is 15.1 Å². The van der Waals surface area contributed by atoms with E-state index in [9.17, 15) is 19.8 Å². The Balaban J connectivity index is 1.97. The zero-order chi connectivity index (χ0) is 14.7. The maximum Gasteiger partial charge on any atom is 0.307 e. The first kappa shape index (κ1) is 15.0. The summed E-state index contributed by atoms with van der Waals surface area (Å²) in [5, 5.41) is 18.8. The predicted molar refractivity (Wildman–Crippen MR) is 74.0 cm³/mol. The molecule has 2 N–H and O–H groups in total. The zero-order valence-electron chi connectivity index (χ0n) is 11.9. The number of carbonyl (C=O) groups is 2. The molecule has 1 aliphatic heterocycles. The fourth-order valence-electron chi connectivity index (χ4n) is 3.20. The van der Waals surface area contributed by atoms with Crippen molar-refractivity contribution in [3.63, 3.8) is 0 Å². The van der Waals surface area contributed by atoms with Crippen molar-refractivity contribution in [3.05, 3.63) is 12.2 Å². The van der Waals surface area contributed by atoms with E-state index in [0.717, 1.165) is 12.8 Å². The number of carboxylic acids is 1. The van der Waals surface area contributed by atoms with Crippen LogP contribution in [0.5, 0.6) is 0 Å². The number of likely N-dealkylation sites (tertiary alicyclic amines) is 1. The average molecular weight is 281 g/mol. The first-order valence-electron chi connectivity index (χ1n) is 7.35. The summed E-state index contributed by atoms with van der Waals surface area (Å²) >= 11 is 0. The third-order valence-corrected chi connectivity index (χ3v) is 4.60. The quantitative estimate of drug-likeness (QED) is 0.764. The van der Waals surface area contributed by atoms with E-state index in [1.807, 2.05) is 12.2 Å². The topological polar surface area (TPSA) is 77.8 Å². The summed E-state index contributed by atoms with van der Waals surface area (Å²) in [5.74, 6) is -1.69. The highest BCUT2D eigenvalue weighted by molar-refractivity contribution is 5.85. The minimum absolute atomic E-state index is 0.0363. The van der Waals surface area contributed by atoms with Gasteiger partial charge in [0, 0.05) is 13.1 Å². The van der Waals surface area contributed by atoms with Crippen LogP contribution in [-0.4, -0.2) is 46.2 Å². The molecule has 3 unspecified atom stereocenters. The second-order valence-electron chi connectivity index (χ2n) is 5.90. The van der Waals surface area contributed by atoms with E-state index in [1.165, 1.54) is 0 Å². The van der Waals surface area contributed by atoms with Crippen molar-refractivity contribution in [3.8, 4) is 0 Å². The number of aliphatic hydroxyl groups excluding tert-OH is 1. The molecule has 1 heterocycles. The number of hydrogen-bond donors (Lipinski definition) is 2. The Labute approximate surface area is 119 Å². The monoisotopic (exact) mass is 281 g/mol. The largest absolute Gasteiger partial charge is 0.481 e. The van der Waals surface area contributed by atoms with Gasteiger partial charge in [-0.25, -0.2) is 0 Å². The highest BCUT2D eigenvalue weighted by atomic mass is 16.4. The van der Waals surface area contributed by atoms with Gasteiger partial charge in [0.1, 0.15) is 0 Å². The number of aliphatic hydroxyl groups is 1. The van der Waals surface area contributed by atoms with Crippen LogP contribution >= 0.6 is 0 Å². The molecule has 0 aromatic carbocycles. The van der Waals surface area contributed by atoms with Gasteiger partial charge in [-0.15, -0.1) is 0 Å². The second kappa shape index (κ2) is 6.39.